The van der Waals surface area contributed by atoms with E-state index in [1.165, 1.54) is 5.56 Å². The molecule has 0 saturated carbocycles. The van der Waals surface area contributed by atoms with Crippen molar-refractivity contribution < 1.29 is 9.53 Å². The molecule has 0 aliphatic carbocycles. The van der Waals surface area contributed by atoms with Crippen LogP contribution in [0.5, 0.6) is 0 Å². The molecule has 168 valence electrons. The lowest BCUT2D eigenvalue weighted by Gasteiger charge is -2.31. The Bertz CT molecular complexity index is 1000. The number of piperidine rings is 1. The lowest BCUT2D eigenvalue weighted by atomic mass is 9.95. The van der Waals surface area contributed by atoms with E-state index < -0.39 is 0 Å². The van der Waals surface area contributed by atoms with E-state index in [1.54, 1.807) is 0 Å². The molecule has 1 amide bonds. The SMILES string of the molecule is O=C(NCC1CCCO1)C1CCN(Cc2cnn(-c3ccccc3)c2-n2cccc2)CC1. The second-order valence-electron chi connectivity index (χ2n) is 8.76. The highest BCUT2D eigenvalue weighted by Gasteiger charge is 2.27. The van der Waals surface area contributed by atoms with Crippen LogP contribution in [0.1, 0.15) is 31.2 Å². The highest BCUT2D eigenvalue weighted by atomic mass is 16.5. The van der Waals surface area contributed by atoms with Gasteiger partial charge in [-0.15, -0.1) is 0 Å². The van der Waals surface area contributed by atoms with Gasteiger partial charge in [0.25, 0.3) is 0 Å². The third kappa shape index (κ3) is 4.64. The van der Waals surface area contributed by atoms with Crippen molar-refractivity contribution in [3.05, 3.63) is 66.6 Å². The Morgan fingerprint density at radius 3 is 2.56 bits per heavy atom. The molecule has 7 heteroatoms. The number of rotatable bonds is 7. The van der Waals surface area contributed by atoms with Gasteiger partial charge in [0.15, 0.2) is 0 Å². The minimum Gasteiger partial charge on any atom is -0.376 e. The number of benzene rings is 1. The molecule has 4 heterocycles. The highest BCUT2D eigenvalue weighted by Crippen LogP contribution is 2.24. The van der Waals surface area contributed by atoms with Gasteiger partial charge in [0.05, 0.1) is 18.0 Å². The average molecular weight is 434 g/mol. The molecule has 0 radical (unpaired) electrons. The van der Waals surface area contributed by atoms with Crippen LogP contribution in [0.2, 0.25) is 0 Å². The lowest BCUT2D eigenvalue weighted by Crippen LogP contribution is -2.42. The van der Waals surface area contributed by atoms with Crippen LogP contribution in [0.4, 0.5) is 0 Å². The average Bonchev–Trinajstić information content (AvgIpc) is 3.60. The van der Waals surface area contributed by atoms with Gasteiger partial charge < -0.3 is 14.6 Å². The van der Waals surface area contributed by atoms with Crippen molar-refractivity contribution in [2.45, 2.75) is 38.3 Å². The van der Waals surface area contributed by atoms with Crippen molar-refractivity contribution in [1.82, 2.24) is 24.6 Å². The van der Waals surface area contributed by atoms with E-state index in [0.717, 1.165) is 63.4 Å². The highest BCUT2D eigenvalue weighted by molar-refractivity contribution is 5.78. The standard InChI is InChI=1S/C25H31N5O2/c31-24(26-18-23-9-6-16-32-23)20-10-14-28(15-11-20)19-21-17-27-30(22-7-2-1-3-8-22)25(21)29-12-4-5-13-29/h1-5,7-8,12-13,17,20,23H,6,9-11,14-16,18-19H2,(H,26,31). The molecule has 2 aromatic heterocycles. The van der Waals surface area contributed by atoms with Gasteiger partial charge in [-0.2, -0.15) is 5.10 Å². The van der Waals surface area contributed by atoms with Gasteiger partial charge in [0.1, 0.15) is 5.82 Å². The first-order valence-electron chi connectivity index (χ1n) is 11.7. The number of para-hydroxylation sites is 1. The summed E-state index contributed by atoms with van der Waals surface area (Å²) in [5.41, 5.74) is 2.23. The van der Waals surface area contributed by atoms with Gasteiger partial charge in [-0.05, 0) is 63.0 Å². The summed E-state index contributed by atoms with van der Waals surface area (Å²) in [6.07, 6.45) is 10.2. The third-order valence-corrected chi connectivity index (χ3v) is 6.55. The van der Waals surface area contributed by atoms with E-state index in [4.69, 9.17) is 9.84 Å². The van der Waals surface area contributed by atoms with Crippen molar-refractivity contribution in [2.75, 3.05) is 26.2 Å². The Morgan fingerprint density at radius 1 is 1.06 bits per heavy atom. The van der Waals surface area contributed by atoms with Crippen molar-refractivity contribution in [1.29, 1.82) is 0 Å². The number of likely N-dealkylation sites (tertiary alicyclic amines) is 1. The Labute approximate surface area is 189 Å². The van der Waals surface area contributed by atoms with Crippen LogP contribution in [0.25, 0.3) is 11.5 Å². The number of hydrogen-bond acceptors (Lipinski definition) is 4. The van der Waals surface area contributed by atoms with Gasteiger partial charge in [0.2, 0.25) is 5.91 Å². The zero-order valence-corrected chi connectivity index (χ0v) is 18.4. The number of aromatic nitrogens is 3. The summed E-state index contributed by atoms with van der Waals surface area (Å²) in [5.74, 6) is 1.35. The van der Waals surface area contributed by atoms with Crippen molar-refractivity contribution in [2.24, 2.45) is 5.92 Å². The van der Waals surface area contributed by atoms with E-state index in [1.807, 2.05) is 41.2 Å². The van der Waals surface area contributed by atoms with Gasteiger partial charge in [-0.3, -0.25) is 9.69 Å². The Kier molecular flexibility index (Phi) is 6.36. The summed E-state index contributed by atoms with van der Waals surface area (Å²) in [4.78, 5) is 15.0. The molecule has 0 spiro atoms. The van der Waals surface area contributed by atoms with E-state index >= 15 is 0 Å². The summed E-state index contributed by atoms with van der Waals surface area (Å²) >= 11 is 0. The van der Waals surface area contributed by atoms with E-state index in [0.29, 0.717) is 6.54 Å². The van der Waals surface area contributed by atoms with Crippen LogP contribution in [-0.4, -0.2) is 57.5 Å². The summed E-state index contributed by atoms with van der Waals surface area (Å²) in [6.45, 7) is 4.13. The number of carbonyl (C=O) groups is 1. The normalized spacial score (nSPS) is 19.9. The molecule has 1 N–H and O–H groups in total. The molecule has 32 heavy (non-hydrogen) atoms. The summed E-state index contributed by atoms with van der Waals surface area (Å²) in [5, 5.41) is 7.82. The number of hydrogen-bond donors (Lipinski definition) is 1. The second kappa shape index (κ2) is 9.71. The lowest BCUT2D eigenvalue weighted by molar-refractivity contribution is -0.127. The smallest absolute Gasteiger partial charge is 0.223 e. The van der Waals surface area contributed by atoms with E-state index in [9.17, 15) is 4.79 Å². The van der Waals surface area contributed by atoms with Crippen LogP contribution in [0.3, 0.4) is 0 Å². The summed E-state index contributed by atoms with van der Waals surface area (Å²) in [6, 6.07) is 14.3. The van der Waals surface area contributed by atoms with Crippen molar-refractivity contribution in [3.8, 4) is 11.5 Å². The molecule has 5 rings (SSSR count). The monoisotopic (exact) mass is 433 g/mol. The maximum atomic E-state index is 12.6. The fraction of sp³-hybridized carbons (Fsp3) is 0.440. The van der Waals surface area contributed by atoms with Crippen LogP contribution in [0, 0.1) is 5.92 Å². The van der Waals surface area contributed by atoms with Gasteiger partial charge in [-0.25, -0.2) is 4.68 Å². The minimum absolute atomic E-state index is 0.101. The maximum Gasteiger partial charge on any atom is 0.223 e. The number of nitrogens with zero attached hydrogens (tertiary/aromatic N) is 4. The molecular formula is C25H31N5O2. The quantitative estimate of drug-likeness (QED) is 0.622. The molecule has 3 aromatic rings. The topological polar surface area (TPSA) is 64.3 Å². The second-order valence-corrected chi connectivity index (χ2v) is 8.76. The van der Waals surface area contributed by atoms with E-state index in [-0.39, 0.29) is 17.9 Å². The predicted octanol–water partition coefficient (Wildman–Crippen LogP) is 3.17. The van der Waals surface area contributed by atoms with Gasteiger partial charge in [-0.1, -0.05) is 18.2 Å². The third-order valence-electron chi connectivity index (χ3n) is 6.55. The number of nitrogens with one attached hydrogen (secondary N) is 1. The predicted molar refractivity (Wildman–Crippen MR) is 123 cm³/mol. The zero-order valence-electron chi connectivity index (χ0n) is 18.4. The largest absolute Gasteiger partial charge is 0.376 e. The van der Waals surface area contributed by atoms with Crippen LogP contribution in [-0.2, 0) is 16.1 Å². The molecule has 2 saturated heterocycles. The van der Waals surface area contributed by atoms with Crippen LogP contribution in [0.15, 0.2) is 61.1 Å². The van der Waals surface area contributed by atoms with Crippen LogP contribution < -0.4 is 5.32 Å². The molecule has 0 bridgehead atoms. The van der Waals surface area contributed by atoms with Gasteiger partial charge in [0, 0.05) is 43.6 Å². The summed E-state index contributed by atoms with van der Waals surface area (Å²) in [7, 11) is 0. The summed E-state index contributed by atoms with van der Waals surface area (Å²) < 4.78 is 9.74. The number of carbonyl (C=O) groups excluding carboxylic acids is 1. The number of amides is 1. The molecule has 2 aliphatic heterocycles. The minimum atomic E-state index is 0.101. The molecule has 7 nitrogen and oxygen atoms in total. The fourth-order valence-electron chi connectivity index (χ4n) is 4.75. The fourth-order valence-corrected chi connectivity index (χ4v) is 4.75. The Morgan fingerprint density at radius 2 is 1.84 bits per heavy atom. The van der Waals surface area contributed by atoms with Gasteiger partial charge >= 0.3 is 0 Å². The van der Waals surface area contributed by atoms with E-state index in [2.05, 4.69) is 39.3 Å². The molecule has 1 aromatic carbocycles. The molecular weight excluding hydrogens is 402 g/mol. The first-order valence-corrected chi connectivity index (χ1v) is 11.7. The molecule has 2 fully saturated rings. The maximum absolute atomic E-state index is 12.6. The van der Waals surface area contributed by atoms with Crippen molar-refractivity contribution in [3.63, 3.8) is 0 Å². The first-order chi connectivity index (χ1) is 15.8. The first kappa shape index (κ1) is 21.0. The molecule has 1 unspecified atom stereocenters. The van der Waals surface area contributed by atoms with Crippen LogP contribution >= 0.6 is 0 Å². The number of ether oxygens (including phenoxy) is 1. The Balaban J connectivity index is 1.23. The molecule has 1 atom stereocenters. The Hall–Kier alpha value is -2.90. The molecule has 2 aliphatic rings. The van der Waals surface area contributed by atoms with Crippen molar-refractivity contribution >= 4 is 5.91 Å². The zero-order chi connectivity index (χ0) is 21.8.